The Kier molecular flexibility index (Phi) is 5.63. The van der Waals surface area contributed by atoms with Crippen molar-refractivity contribution in [3.8, 4) is 0 Å². The summed E-state index contributed by atoms with van der Waals surface area (Å²) < 4.78 is 0. The average molecular weight is 348 g/mol. The highest BCUT2D eigenvalue weighted by Crippen LogP contribution is 2.31. The third-order valence-corrected chi connectivity index (χ3v) is 5.01. The van der Waals surface area contributed by atoms with Crippen molar-refractivity contribution in [3.63, 3.8) is 0 Å². The first-order valence-corrected chi connectivity index (χ1v) is 9.53. The number of thioether (sulfide) groups is 1. The monoisotopic (exact) mass is 347 g/mol. The van der Waals surface area contributed by atoms with Crippen molar-refractivity contribution in [1.29, 1.82) is 0 Å². The second-order valence-electron chi connectivity index (χ2n) is 7.47. The van der Waals surface area contributed by atoms with Crippen LogP contribution in [-0.2, 0) is 0 Å². The summed E-state index contributed by atoms with van der Waals surface area (Å²) in [6, 6.07) is 6.38. The molecule has 2 amide bonds. The highest BCUT2D eigenvalue weighted by molar-refractivity contribution is 8.14. The van der Waals surface area contributed by atoms with Crippen LogP contribution in [0.4, 0.5) is 10.5 Å². The lowest BCUT2D eigenvalue weighted by Crippen LogP contribution is -2.54. The first-order chi connectivity index (χ1) is 11.1. The molecule has 4 nitrogen and oxygen atoms in total. The molecule has 132 valence electrons. The van der Waals surface area contributed by atoms with Gasteiger partial charge in [-0.05, 0) is 59.6 Å². The van der Waals surface area contributed by atoms with E-state index >= 15 is 0 Å². The molecule has 1 atom stereocenters. The molecule has 5 heteroatoms. The Labute approximate surface area is 150 Å². The van der Waals surface area contributed by atoms with E-state index in [4.69, 9.17) is 4.99 Å². The third-order valence-electron chi connectivity index (χ3n) is 4.07. The van der Waals surface area contributed by atoms with Gasteiger partial charge in [0.1, 0.15) is 0 Å². The minimum atomic E-state index is -0.198. The molecule has 1 heterocycles. The predicted molar refractivity (Wildman–Crippen MR) is 105 cm³/mol. The Morgan fingerprint density at radius 1 is 1.29 bits per heavy atom. The van der Waals surface area contributed by atoms with Crippen LogP contribution in [0.2, 0.25) is 0 Å². The van der Waals surface area contributed by atoms with Crippen LogP contribution < -0.4 is 4.90 Å². The topological polar surface area (TPSA) is 35.9 Å². The van der Waals surface area contributed by atoms with Crippen molar-refractivity contribution < 1.29 is 4.79 Å². The van der Waals surface area contributed by atoms with Gasteiger partial charge >= 0.3 is 6.03 Å². The zero-order valence-corrected chi connectivity index (χ0v) is 16.7. The normalized spacial score (nSPS) is 19.1. The fraction of sp³-hybridized carbons (Fsp3) is 0.579. The lowest BCUT2D eigenvalue weighted by molar-refractivity contribution is 0.217. The molecule has 1 aromatic rings. The second kappa shape index (κ2) is 7.18. The van der Waals surface area contributed by atoms with Crippen LogP contribution in [0.3, 0.4) is 0 Å². The number of rotatable bonds is 3. The summed E-state index contributed by atoms with van der Waals surface area (Å²) in [6.07, 6.45) is 0.899. The molecule has 1 saturated heterocycles. The number of carbonyl (C=O) groups is 1. The van der Waals surface area contributed by atoms with Gasteiger partial charge in [-0.2, -0.15) is 0 Å². The molecule has 1 unspecified atom stereocenters. The van der Waals surface area contributed by atoms with Crippen molar-refractivity contribution in [3.05, 3.63) is 29.3 Å². The summed E-state index contributed by atoms with van der Waals surface area (Å²) in [6.45, 7) is 14.5. The number of amides is 2. The Hall–Kier alpha value is -1.49. The largest absolute Gasteiger partial charge is 0.331 e. The van der Waals surface area contributed by atoms with Gasteiger partial charge in [0.25, 0.3) is 0 Å². The van der Waals surface area contributed by atoms with Gasteiger partial charge in [0, 0.05) is 11.7 Å². The number of hydrogen-bond donors (Lipinski definition) is 0. The van der Waals surface area contributed by atoms with Crippen molar-refractivity contribution in [1.82, 2.24) is 4.90 Å². The van der Waals surface area contributed by atoms with Crippen LogP contribution in [0.25, 0.3) is 0 Å². The van der Waals surface area contributed by atoms with E-state index in [1.54, 1.807) is 11.8 Å². The van der Waals surface area contributed by atoms with Crippen LogP contribution in [0.1, 0.15) is 52.2 Å². The molecule has 1 aliphatic heterocycles. The van der Waals surface area contributed by atoms with Gasteiger partial charge in [-0.25, -0.2) is 4.79 Å². The SMILES string of the molecule is CCC(C)N1C(=O)N(c2ccc(C)cc2C)CSC1=NC(C)(C)C. The Morgan fingerprint density at radius 3 is 2.50 bits per heavy atom. The Balaban J connectivity index is 2.41. The van der Waals surface area contributed by atoms with E-state index in [-0.39, 0.29) is 17.6 Å². The summed E-state index contributed by atoms with van der Waals surface area (Å²) >= 11 is 1.64. The number of hydrogen-bond acceptors (Lipinski definition) is 3. The summed E-state index contributed by atoms with van der Waals surface area (Å²) in [5, 5.41) is 0.836. The Bertz CT molecular complexity index is 649. The zero-order chi connectivity index (χ0) is 18.1. The molecule has 0 aromatic heterocycles. The number of benzene rings is 1. The third kappa shape index (κ3) is 4.12. The van der Waals surface area contributed by atoms with Crippen molar-refractivity contribution in [2.24, 2.45) is 4.99 Å². The maximum Gasteiger partial charge on any atom is 0.331 e. The predicted octanol–water partition coefficient (Wildman–Crippen LogP) is 5.19. The van der Waals surface area contributed by atoms with E-state index in [0.29, 0.717) is 5.88 Å². The molecule has 0 saturated carbocycles. The lowest BCUT2D eigenvalue weighted by atomic mass is 10.1. The fourth-order valence-electron chi connectivity index (χ4n) is 2.67. The van der Waals surface area contributed by atoms with Gasteiger partial charge in [-0.1, -0.05) is 36.4 Å². The highest BCUT2D eigenvalue weighted by Gasteiger charge is 2.36. The zero-order valence-electron chi connectivity index (χ0n) is 15.9. The van der Waals surface area contributed by atoms with Crippen LogP contribution in [0, 0.1) is 13.8 Å². The molecule has 0 aliphatic carbocycles. The number of amidine groups is 1. The van der Waals surface area contributed by atoms with Crippen LogP contribution in [0.5, 0.6) is 0 Å². The quantitative estimate of drug-likeness (QED) is 0.754. The average Bonchev–Trinajstić information content (AvgIpc) is 2.46. The fourth-order valence-corrected chi connectivity index (χ4v) is 3.90. The van der Waals surface area contributed by atoms with E-state index in [2.05, 4.69) is 60.6 Å². The molecule has 0 N–H and O–H groups in total. The molecular formula is C19H29N3OS. The molecule has 0 radical (unpaired) electrons. The van der Waals surface area contributed by atoms with Crippen molar-refractivity contribution in [2.75, 3.05) is 10.8 Å². The van der Waals surface area contributed by atoms with E-state index in [1.165, 1.54) is 5.56 Å². The number of nitrogens with zero attached hydrogens (tertiary/aromatic N) is 3. The van der Waals surface area contributed by atoms with E-state index in [0.717, 1.165) is 22.8 Å². The van der Waals surface area contributed by atoms with Crippen LogP contribution >= 0.6 is 11.8 Å². The first-order valence-electron chi connectivity index (χ1n) is 8.54. The van der Waals surface area contributed by atoms with Crippen molar-refractivity contribution >= 4 is 28.6 Å². The number of aliphatic imine (C=N–C) groups is 1. The number of carbonyl (C=O) groups excluding carboxylic acids is 1. The minimum Gasteiger partial charge on any atom is -0.284 e. The Morgan fingerprint density at radius 2 is 1.96 bits per heavy atom. The van der Waals surface area contributed by atoms with Crippen molar-refractivity contribution in [2.45, 2.75) is 66.5 Å². The molecule has 2 rings (SSSR count). The molecule has 0 bridgehead atoms. The summed E-state index contributed by atoms with van der Waals surface area (Å²) in [7, 11) is 0. The maximum atomic E-state index is 13.2. The van der Waals surface area contributed by atoms with Crippen LogP contribution in [-0.4, -0.2) is 33.6 Å². The van der Waals surface area contributed by atoms with Gasteiger partial charge in [-0.15, -0.1) is 0 Å². The van der Waals surface area contributed by atoms with E-state index in [1.807, 2.05) is 15.9 Å². The summed E-state index contributed by atoms with van der Waals surface area (Å²) in [4.78, 5) is 21.7. The molecule has 24 heavy (non-hydrogen) atoms. The molecular weight excluding hydrogens is 318 g/mol. The van der Waals surface area contributed by atoms with Crippen LogP contribution in [0.15, 0.2) is 23.2 Å². The van der Waals surface area contributed by atoms with Gasteiger partial charge in [-0.3, -0.25) is 14.8 Å². The summed E-state index contributed by atoms with van der Waals surface area (Å²) in [5.74, 6) is 0.602. The molecule has 1 fully saturated rings. The number of aryl methyl sites for hydroxylation is 2. The lowest BCUT2D eigenvalue weighted by Gasteiger charge is -2.40. The minimum absolute atomic E-state index is 0.0260. The van der Waals surface area contributed by atoms with Gasteiger partial charge in [0.15, 0.2) is 5.17 Å². The van der Waals surface area contributed by atoms with Gasteiger partial charge in [0.05, 0.1) is 11.4 Å². The number of urea groups is 1. The highest BCUT2D eigenvalue weighted by atomic mass is 32.2. The molecule has 0 spiro atoms. The number of anilines is 1. The summed E-state index contributed by atoms with van der Waals surface area (Å²) in [5.41, 5.74) is 3.13. The van der Waals surface area contributed by atoms with Gasteiger partial charge < -0.3 is 0 Å². The van der Waals surface area contributed by atoms with E-state index in [9.17, 15) is 4.79 Å². The van der Waals surface area contributed by atoms with E-state index < -0.39 is 0 Å². The molecule has 1 aromatic carbocycles. The maximum absolute atomic E-state index is 13.2. The first kappa shape index (κ1) is 18.8. The smallest absolute Gasteiger partial charge is 0.284 e. The second-order valence-corrected chi connectivity index (χ2v) is 8.38. The standard InChI is InChI=1S/C19H29N3OS/c1-8-15(4)22-17(20-19(5,6)7)24-12-21(18(22)23)16-10-9-13(2)11-14(16)3/h9-11,15H,8,12H2,1-7H3. The van der Waals surface area contributed by atoms with Gasteiger partial charge in [0.2, 0.25) is 0 Å². The molecule has 1 aliphatic rings.